The highest BCUT2D eigenvalue weighted by atomic mass is 16.3. The molecule has 0 spiro atoms. The van der Waals surface area contributed by atoms with Crippen molar-refractivity contribution < 1.29 is 43.5 Å². The molecule has 8 amide bonds. The second-order valence-electron chi connectivity index (χ2n) is 20.6. The summed E-state index contributed by atoms with van der Waals surface area (Å²) in [6.45, 7) is 3.68. The lowest BCUT2D eigenvalue weighted by Crippen LogP contribution is -2.59. The number of amides is 8. The van der Waals surface area contributed by atoms with Crippen LogP contribution >= 0.6 is 0 Å². The molecule has 0 bridgehead atoms. The molecular formula is C54H105N13O9. The Morgan fingerprint density at radius 2 is 0.921 bits per heavy atom. The fourth-order valence-electron chi connectivity index (χ4n) is 9.10. The quantitative estimate of drug-likeness (QED) is 0.0387. The van der Waals surface area contributed by atoms with Crippen molar-refractivity contribution in [2.24, 2.45) is 28.7 Å². The van der Waals surface area contributed by atoms with Crippen molar-refractivity contribution in [1.82, 2.24) is 42.5 Å². The Labute approximate surface area is 454 Å². The highest BCUT2D eigenvalue weighted by Gasteiger charge is 2.33. The van der Waals surface area contributed by atoms with E-state index in [0.717, 1.165) is 25.7 Å². The third kappa shape index (κ3) is 33.6. The molecule has 1 heterocycles. The van der Waals surface area contributed by atoms with Crippen molar-refractivity contribution in [3.8, 4) is 0 Å². The van der Waals surface area contributed by atoms with Gasteiger partial charge < -0.3 is 76.3 Å². The number of nitrogens with two attached hydrogens (primary N) is 5. The maximum absolute atomic E-state index is 14.4. The maximum atomic E-state index is 14.4. The Kier molecular flexibility index (Phi) is 41.7. The van der Waals surface area contributed by atoms with E-state index in [1.165, 1.54) is 44.9 Å². The minimum absolute atomic E-state index is 0.0664. The standard InChI is InChI=1S/C54H105N13O9/c1-2-3-4-5-6-7-8-9-10-11-12-25-40(68)38-47(69)61-39-48(70)62-42(27-14-20-33-56)50(72)64-46-31-18-24-37-60-49(71)41(26-13-19-32-55)63-51(73)43(28-15-21-34-57)65-52(74)44(29-16-22-35-58)66-53(75)45(67-54(46)76)30-17-23-36-59/h40-46,68H,2-39,55-59H2,1H3,(H,60,71)(H,61,69)(H,62,70)(H,63,73)(H,64,72)(H,65,74)(H,66,75)(H,67,76). The number of rotatable bonds is 39. The Bertz CT molecular complexity index is 1630. The predicted octanol–water partition coefficient (Wildman–Crippen LogP) is 1.41. The van der Waals surface area contributed by atoms with Crippen LogP contribution in [0.4, 0.5) is 0 Å². The Morgan fingerprint density at radius 3 is 1.38 bits per heavy atom. The second-order valence-corrected chi connectivity index (χ2v) is 20.6. The first kappa shape index (κ1) is 69.5. The molecule has 1 aliphatic heterocycles. The van der Waals surface area contributed by atoms with Crippen LogP contribution < -0.4 is 71.2 Å². The fourth-order valence-corrected chi connectivity index (χ4v) is 9.10. The summed E-state index contributed by atoms with van der Waals surface area (Å²) in [7, 11) is 0. The second kappa shape index (κ2) is 45.5. The molecule has 22 heteroatoms. The highest BCUT2D eigenvalue weighted by Crippen LogP contribution is 2.15. The number of carbonyl (C=O) groups is 8. The molecule has 0 radical (unpaired) electrons. The van der Waals surface area contributed by atoms with Crippen LogP contribution in [0.3, 0.4) is 0 Å². The SMILES string of the molecule is CCCCCCCCCCCCCC(O)CC(=O)NCC(=O)NC(CCCCN)C(=O)NC1CCCCNC(=O)C(CCCCN)NC(=O)C(CCCCN)NC(=O)C(CCCCN)NC(=O)C(CCCCN)NC1=O. The van der Waals surface area contributed by atoms with Crippen LogP contribution in [0.1, 0.15) is 206 Å². The van der Waals surface area contributed by atoms with Crippen LogP contribution in [-0.2, 0) is 38.4 Å². The molecule has 7 atom stereocenters. The first-order valence-electron chi connectivity index (χ1n) is 29.3. The zero-order chi connectivity index (χ0) is 56.2. The molecule has 0 aromatic carbocycles. The van der Waals surface area contributed by atoms with Gasteiger partial charge in [-0.2, -0.15) is 0 Å². The van der Waals surface area contributed by atoms with E-state index >= 15 is 0 Å². The minimum atomic E-state index is -1.22. The molecule has 0 aromatic heterocycles. The monoisotopic (exact) mass is 1080 g/mol. The zero-order valence-corrected chi connectivity index (χ0v) is 46.5. The molecule has 1 fully saturated rings. The summed E-state index contributed by atoms with van der Waals surface area (Å²) in [4.78, 5) is 111. The van der Waals surface area contributed by atoms with Gasteiger partial charge in [-0.25, -0.2) is 0 Å². The van der Waals surface area contributed by atoms with Gasteiger partial charge in [-0.15, -0.1) is 0 Å². The molecule has 1 aliphatic rings. The third-order valence-electron chi connectivity index (χ3n) is 13.8. The van der Waals surface area contributed by atoms with E-state index < -0.39 is 96.2 Å². The lowest BCUT2D eigenvalue weighted by atomic mass is 10.0. The van der Waals surface area contributed by atoms with E-state index in [1.807, 2.05) is 0 Å². The van der Waals surface area contributed by atoms with Crippen LogP contribution in [0, 0.1) is 0 Å². The van der Waals surface area contributed by atoms with Gasteiger partial charge in [0.05, 0.1) is 19.1 Å². The average molecular weight is 1080 g/mol. The van der Waals surface area contributed by atoms with E-state index in [0.29, 0.717) is 116 Å². The Hall–Kier alpha value is -4.48. The number of hydrogen-bond donors (Lipinski definition) is 14. The van der Waals surface area contributed by atoms with Crippen molar-refractivity contribution in [1.29, 1.82) is 0 Å². The van der Waals surface area contributed by atoms with Gasteiger partial charge in [0.1, 0.15) is 36.3 Å². The normalized spacial score (nSPS) is 20.1. The van der Waals surface area contributed by atoms with Crippen molar-refractivity contribution in [2.45, 2.75) is 248 Å². The minimum Gasteiger partial charge on any atom is -0.393 e. The smallest absolute Gasteiger partial charge is 0.243 e. The number of hydrogen-bond acceptors (Lipinski definition) is 14. The van der Waals surface area contributed by atoms with E-state index in [1.54, 1.807) is 0 Å². The van der Waals surface area contributed by atoms with Gasteiger partial charge in [-0.3, -0.25) is 38.4 Å². The molecule has 19 N–H and O–H groups in total. The zero-order valence-electron chi connectivity index (χ0n) is 46.5. The number of aliphatic hydroxyl groups excluding tert-OH is 1. The van der Waals surface area contributed by atoms with Gasteiger partial charge in [0.25, 0.3) is 0 Å². The molecular weight excluding hydrogens is 975 g/mol. The molecule has 76 heavy (non-hydrogen) atoms. The summed E-state index contributed by atoms with van der Waals surface area (Å²) in [5, 5.41) is 32.7. The number of unbranched alkanes of at least 4 members (excludes halogenated alkanes) is 15. The molecule has 0 aliphatic carbocycles. The average Bonchev–Trinajstić information content (AvgIpc) is 3.39. The van der Waals surface area contributed by atoms with E-state index in [2.05, 4.69) is 49.5 Å². The molecule has 22 nitrogen and oxygen atoms in total. The van der Waals surface area contributed by atoms with Gasteiger partial charge >= 0.3 is 0 Å². The van der Waals surface area contributed by atoms with Crippen LogP contribution in [0.15, 0.2) is 0 Å². The van der Waals surface area contributed by atoms with E-state index in [4.69, 9.17) is 28.7 Å². The lowest BCUT2D eigenvalue weighted by molar-refractivity contribution is -0.135. The summed E-state index contributed by atoms with van der Waals surface area (Å²) >= 11 is 0. The Morgan fingerprint density at radius 1 is 0.513 bits per heavy atom. The molecule has 1 saturated heterocycles. The maximum Gasteiger partial charge on any atom is 0.243 e. The lowest BCUT2D eigenvalue weighted by Gasteiger charge is -2.28. The van der Waals surface area contributed by atoms with Gasteiger partial charge in [-0.05, 0) is 155 Å². The molecule has 0 aromatic rings. The topological polar surface area (TPSA) is 383 Å². The third-order valence-corrected chi connectivity index (χ3v) is 13.8. The van der Waals surface area contributed by atoms with Crippen molar-refractivity contribution in [2.75, 3.05) is 45.8 Å². The molecule has 1 rings (SSSR count). The number of carbonyl (C=O) groups excluding carboxylic acids is 8. The van der Waals surface area contributed by atoms with Gasteiger partial charge in [0.2, 0.25) is 47.3 Å². The Balaban J connectivity index is 3.32. The van der Waals surface area contributed by atoms with Crippen molar-refractivity contribution in [3.63, 3.8) is 0 Å². The number of nitrogens with one attached hydrogen (secondary N) is 8. The van der Waals surface area contributed by atoms with Crippen molar-refractivity contribution in [3.05, 3.63) is 0 Å². The summed E-state index contributed by atoms with van der Waals surface area (Å²) in [5.41, 5.74) is 28.9. The first-order valence-corrected chi connectivity index (χ1v) is 29.3. The molecule has 7 unspecified atom stereocenters. The summed E-state index contributed by atoms with van der Waals surface area (Å²) in [5.74, 6) is -4.80. The van der Waals surface area contributed by atoms with Crippen LogP contribution in [0.2, 0.25) is 0 Å². The predicted molar refractivity (Wildman–Crippen MR) is 298 cm³/mol. The first-order chi connectivity index (χ1) is 36.7. The summed E-state index contributed by atoms with van der Waals surface area (Å²) in [6, 6.07) is -6.65. The fraction of sp³-hybridized carbons (Fsp3) is 0.852. The van der Waals surface area contributed by atoms with E-state index in [-0.39, 0.29) is 51.5 Å². The van der Waals surface area contributed by atoms with Gasteiger partial charge in [0.15, 0.2) is 0 Å². The van der Waals surface area contributed by atoms with E-state index in [9.17, 15) is 43.5 Å². The summed E-state index contributed by atoms with van der Waals surface area (Å²) in [6.07, 6.45) is 19.3. The highest BCUT2D eigenvalue weighted by molar-refractivity contribution is 5.97. The molecule has 0 saturated carbocycles. The largest absolute Gasteiger partial charge is 0.393 e. The number of aliphatic hydroxyl groups is 1. The van der Waals surface area contributed by atoms with Gasteiger partial charge in [0, 0.05) is 6.54 Å². The van der Waals surface area contributed by atoms with Crippen LogP contribution in [0.5, 0.6) is 0 Å². The van der Waals surface area contributed by atoms with Crippen molar-refractivity contribution >= 4 is 47.3 Å². The van der Waals surface area contributed by atoms with Gasteiger partial charge in [-0.1, -0.05) is 77.6 Å². The van der Waals surface area contributed by atoms with Crippen LogP contribution in [-0.4, -0.2) is 141 Å². The molecule has 440 valence electrons. The summed E-state index contributed by atoms with van der Waals surface area (Å²) < 4.78 is 0. The van der Waals surface area contributed by atoms with Crippen LogP contribution in [0.25, 0.3) is 0 Å².